The zero-order chi connectivity index (χ0) is 18.1. The molecule has 1 aromatic rings. The molecule has 7 nitrogen and oxygen atoms in total. The number of ether oxygens (including phenoxy) is 1. The highest BCUT2D eigenvalue weighted by Gasteiger charge is 2.39. The minimum Gasteiger partial charge on any atom is -0.492 e. The summed E-state index contributed by atoms with van der Waals surface area (Å²) in [6.45, 7) is 1.85. The number of imide groups is 1. The molecule has 3 aliphatic heterocycles. The van der Waals surface area contributed by atoms with Gasteiger partial charge in [0, 0.05) is 24.4 Å². The smallest absolute Gasteiger partial charge is 0.273 e. The van der Waals surface area contributed by atoms with Crippen LogP contribution in [-0.4, -0.2) is 46.9 Å². The number of fused-ring (bicyclic) bond motifs is 1. The van der Waals surface area contributed by atoms with Crippen molar-refractivity contribution in [2.24, 2.45) is 0 Å². The van der Waals surface area contributed by atoms with Gasteiger partial charge in [0.25, 0.3) is 5.91 Å². The Morgan fingerprint density at radius 2 is 1.88 bits per heavy atom. The van der Waals surface area contributed by atoms with Crippen molar-refractivity contribution in [1.29, 1.82) is 0 Å². The van der Waals surface area contributed by atoms with Gasteiger partial charge in [0.05, 0.1) is 6.54 Å². The van der Waals surface area contributed by atoms with Gasteiger partial charge in [-0.1, -0.05) is 6.42 Å². The predicted molar refractivity (Wildman–Crippen MR) is 93.2 cm³/mol. The van der Waals surface area contributed by atoms with Gasteiger partial charge in [-0.3, -0.25) is 14.4 Å². The molecule has 0 aliphatic carbocycles. The van der Waals surface area contributed by atoms with Gasteiger partial charge in [0.15, 0.2) is 0 Å². The maximum Gasteiger partial charge on any atom is 0.273 e. The Bertz CT molecular complexity index is 726. The fraction of sp³-hybridized carbons (Fsp3) is 0.526. The highest BCUT2D eigenvalue weighted by Crippen LogP contribution is 2.30. The van der Waals surface area contributed by atoms with Crippen molar-refractivity contribution in [2.75, 3.05) is 13.2 Å². The van der Waals surface area contributed by atoms with E-state index >= 15 is 0 Å². The molecule has 3 aliphatic rings. The van der Waals surface area contributed by atoms with Crippen molar-refractivity contribution in [3.63, 3.8) is 0 Å². The average molecular weight is 357 g/mol. The van der Waals surface area contributed by atoms with E-state index in [2.05, 4.69) is 5.32 Å². The van der Waals surface area contributed by atoms with Crippen LogP contribution in [0.15, 0.2) is 18.2 Å². The van der Waals surface area contributed by atoms with Gasteiger partial charge in [-0.15, -0.1) is 0 Å². The first kappa shape index (κ1) is 17.0. The Morgan fingerprint density at radius 1 is 1.08 bits per heavy atom. The molecule has 1 aromatic carbocycles. The zero-order valence-electron chi connectivity index (χ0n) is 14.7. The van der Waals surface area contributed by atoms with Gasteiger partial charge < -0.3 is 10.1 Å². The third-order valence-electron chi connectivity index (χ3n) is 5.22. The minimum absolute atomic E-state index is 0.227. The van der Waals surface area contributed by atoms with E-state index in [1.54, 1.807) is 12.1 Å². The first-order valence-electron chi connectivity index (χ1n) is 9.30. The summed E-state index contributed by atoms with van der Waals surface area (Å²) < 4.78 is 5.89. The molecular weight excluding hydrogens is 334 g/mol. The van der Waals surface area contributed by atoms with Gasteiger partial charge in [0.1, 0.15) is 12.4 Å². The zero-order valence-corrected chi connectivity index (χ0v) is 14.7. The fourth-order valence-electron chi connectivity index (χ4n) is 3.81. The van der Waals surface area contributed by atoms with Crippen LogP contribution < -0.4 is 10.1 Å². The van der Waals surface area contributed by atoms with Gasteiger partial charge in [-0.05, 0) is 49.6 Å². The number of hydrogen-bond donors (Lipinski definition) is 1. The summed E-state index contributed by atoms with van der Waals surface area (Å²) in [5.41, 5.74) is 1.31. The number of piperidine rings is 2. The second-order valence-corrected chi connectivity index (χ2v) is 7.09. The summed E-state index contributed by atoms with van der Waals surface area (Å²) >= 11 is 0. The van der Waals surface area contributed by atoms with Crippen molar-refractivity contribution < 1.29 is 19.1 Å². The maximum atomic E-state index is 12.6. The molecule has 2 saturated heterocycles. The summed E-state index contributed by atoms with van der Waals surface area (Å²) in [5.74, 6) is -0.198. The molecule has 3 heterocycles. The Morgan fingerprint density at radius 3 is 2.62 bits per heavy atom. The number of nitrogens with one attached hydrogen (secondary N) is 1. The van der Waals surface area contributed by atoms with Crippen molar-refractivity contribution in [3.05, 3.63) is 29.3 Å². The lowest BCUT2D eigenvalue weighted by Crippen LogP contribution is -2.51. The summed E-state index contributed by atoms with van der Waals surface area (Å²) in [6, 6.07) is 5.71. The Balaban J connectivity index is 1.46. The summed E-state index contributed by atoms with van der Waals surface area (Å²) in [5, 5.41) is 5.73. The van der Waals surface area contributed by atoms with E-state index in [9.17, 15) is 14.4 Å². The monoisotopic (exact) mass is 357 g/mol. The van der Waals surface area contributed by atoms with Crippen molar-refractivity contribution in [1.82, 2.24) is 15.3 Å². The summed E-state index contributed by atoms with van der Waals surface area (Å²) in [6.07, 6.45) is 4.68. The molecule has 2 fully saturated rings. The number of rotatable bonds is 4. The first-order valence-corrected chi connectivity index (χ1v) is 9.30. The number of benzene rings is 1. The van der Waals surface area contributed by atoms with E-state index in [-0.39, 0.29) is 24.3 Å². The third kappa shape index (κ3) is 3.19. The van der Waals surface area contributed by atoms with Crippen LogP contribution in [0.25, 0.3) is 0 Å². The largest absolute Gasteiger partial charge is 0.492 e. The highest BCUT2D eigenvalue weighted by atomic mass is 16.5. The van der Waals surface area contributed by atoms with E-state index < -0.39 is 0 Å². The van der Waals surface area contributed by atoms with Crippen molar-refractivity contribution in [2.45, 2.75) is 51.1 Å². The van der Waals surface area contributed by atoms with E-state index in [0.29, 0.717) is 43.2 Å². The van der Waals surface area contributed by atoms with Crippen LogP contribution in [-0.2, 0) is 16.1 Å². The molecule has 1 atom stereocenters. The Labute approximate surface area is 152 Å². The number of nitrogens with zero attached hydrogens (tertiary/aromatic N) is 2. The highest BCUT2D eigenvalue weighted by molar-refractivity contribution is 6.04. The van der Waals surface area contributed by atoms with Crippen LogP contribution in [0.2, 0.25) is 0 Å². The van der Waals surface area contributed by atoms with Gasteiger partial charge in [0.2, 0.25) is 11.8 Å². The van der Waals surface area contributed by atoms with Gasteiger partial charge in [-0.25, -0.2) is 5.01 Å². The lowest BCUT2D eigenvalue weighted by Gasteiger charge is -2.32. The molecule has 7 heteroatoms. The molecule has 3 amide bonds. The van der Waals surface area contributed by atoms with Crippen LogP contribution in [0, 0.1) is 0 Å². The van der Waals surface area contributed by atoms with Gasteiger partial charge in [-0.2, -0.15) is 5.01 Å². The molecule has 0 unspecified atom stereocenters. The second kappa shape index (κ2) is 7.07. The molecule has 0 radical (unpaired) electrons. The molecule has 26 heavy (non-hydrogen) atoms. The van der Waals surface area contributed by atoms with Gasteiger partial charge >= 0.3 is 0 Å². The number of carbonyl (C=O) groups is 3. The molecular formula is C19H23N3O4. The maximum absolute atomic E-state index is 12.6. The van der Waals surface area contributed by atoms with E-state index in [4.69, 9.17) is 4.74 Å². The second-order valence-electron chi connectivity index (χ2n) is 7.09. The molecule has 0 aromatic heterocycles. The normalized spacial score (nSPS) is 23.4. The first-order chi connectivity index (χ1) is 12.6. The molecule has 138 valence electrons. The van der Waals surface area contributed by atoms with Crippen molar-refractivity contribution >= 4 is 17.7 Å². The standard InChI is InChI=1S/C19H23N3O4/c23-17-5-3-6-18(24)22(17)21-11-13-10-15(7-8-16(13)19(21)25)26-12-14-4-1-2-9-20-14/h7-8,10,14,20H,1-6,9,11-12H2/t14-/m0/s1. The lowest BCUT2D eigenvalue weighted by atomic mass is 10.1. The van der Waals surface area contributed by atoms with Crippen LogP contribution in [0.4, 0.5) is 0 Å². The summed E-state index contributed by atoms with van der Waals surface area (Å²) in [7, 11) is 0. The quantitative estimate of drug-likeness (QED) is 0.829. The third-order valence-corrected chi connectivity index (χ3v) is 5.22. The topological polar surface area (TPSA) is 79.0 Å². The summed E-state index contributed by atoms with van der Waals surface area (Å²) in [4.78, 5) is 36.9. The minimum atomic E-state index is -0.303. The molecule has 0 bridgehead atoms. The average Bonchev–Trinajstić information content (AvgIpc) is 2.97. The van der Waals surface area contributed by atoms with Crippen LogP contribution in [0.3, 0.4) is 0 Å². The number of amides is 3. The Kier molecular flexibility index (Phi) is 4.63. The molecule has 0 saturated carbocycles. The fourth-order valence-corrected chi connectivity index (χ4v) is 3.81. The van der Waals surface area contributed by atoms with E-state index in [0.717, 1.165) is 23.5 Å². The number of carbonyl (C=O) groups excluding carboxylic acids is 3. The SMILES string of the molecule is O=C1c2ccc(OC[C@@H]3CCCCN3)cc2CN1N1C(=O)CCCC1=O. The Hall–Kier alpha value is -2.41. The van der Waals surface area contributed by atoms with E-state index in [1.165, 1.54) is 17.9 Å². The number of hydrogen-bond acceptors (Lipinski definition) is 5. The van der Waals surface area contributed by atoms with Crippen LogP contribution >= 0.6 is 0 Å². The van der Waals surface area contributed by atoms with E-state index in [1.807, 2.05) is 6.07 Å². The molecule has 1 N–H and O–H groups in total. The number of hydrazine groups is 1. The van der Waals surface area contributed by atoms with Crippen LogP contribution in [0.5, 0.6) is 5.75 Å². The lowest BCUT2D eigenvalue weighted by molar-refractivity contribution is -0.163. The predicted octanol–water partition coefficient (Wildman–Crippen LogP) is 1.62. The molecule has 0 spiro atoms. The molecule has 4 rings (SSSR count). The van der Waals surface area contributed by atoms with Crippen molar-refractivity contribution in [3.8, 4) is 5.75 Å². The van der Waals surface area contributed by atoms with Crippen LogP contribution in [0.1, 0.15) is 54.4 Å².